The van der Waals surface area contributed by atoms with Crippen LogP contribution in [0.25, 0.3) is 0 Å². The summed E-state index contributed by atoms with van der Waals surface area (Å²) >= 11 is 1.43. The highest BCUT2D eigenvalue weighted by atomic mass is 32.1. The van der Waals surface area contributed by atoms with Crippen LogP contribution in [0, 0.1) is 6.92 Å². The third-order valence-corrected chi connectivity index (χ3v) is 5.38. The summed E-state index contributed by atoms with van der Waals surface area (Å²) in [6.07, 6.45) is 0. The molecule has 0 radical (unpaired) electrons. The number of benzene rings is 1. The quantitative estimate of drug-likeness (QED) is 0.897. The number of fused-ring (bicyclic) bond motifs is 1. The molecule has 0 unspecified atom stereocenters. The average Bonchev–Trinajstić information content (AvgIpc) is 3.26. The van der Waals surface area contributed by atoms with E-state index in [1.807, 2.05) is 25.1 Å². The zero-order valence-corrected chi connectivity index (χ0v) is 14.7. The Morgan fingerprint density at radius 1 is 1.28 bits per heavy atom. The van der Waals surface area contributed by atoms with E-state index >= 15 is 0 Å². The van der Waals surface area contributed by atoms with E-state index in [1.165, 1.54) is 11.3 Å². The number of hydrogen-bond acceptors (Lipinski definition) is 7. The fourth-order valence-electron chi connectivity index (χ4n) is 2.80. The van der Waals surface area contributed by atoms with Crippen molar-refractivity contribution in [1.29, 1.82) is 0 Å². The van der Waals surface area contributed by atoms with Crippen molar-refractivity contribution in [3.8, 4) is 11.5 Å². The molecule has 3 heterocycles. The Kier molecular flexibility index (Phi) is 4.46. The smallest absolute Gasteiger partial charge is 0.263 e. The lowest BCUT2D eigenvalue weighted by Gasteiger charge is -2.25. The Morgan fingerprint density at radius 2 is 2.08 bits per heavy atom. The maximum atomic E-state index is 12.5. The van der Waals surface area contributed by atoms with E-state index in [4.69, 9.17) is 14.2 Å². The van der Waals surface area contributed by atoms with Crippen molar-refractivity contribution in [3.63, 3.8) is 0 Å². The van der Waals surface area contributed by atoms with E-state index in [0.717, 1.165) is 41.0 Å². The van der Waals surface area contributed by atoms with E-state index in [9.17, 15) is 4.79 Å². The molecule has 4 rings (SSSR count). The number of nitrogens with zero attached hydrogens (tertiary/aromatic N) is 2. The molecule has 1 fully saturated rings. The number of nitrogens with one attached hydrogen (secondary N) is 1. The molecular formula is C17H19N3O4S. The Balaban J connectivity index is 1.41. The molecule has 0 saturated carbocycles. The molecule has 1 N–H and O–H groups in total. The minimum absolute atomic E-state index is 0.104. The number of ether oxygens (including phenoxy) is 3. The Labute approximate surface area is 149 Å². The lowest BCUT2D eigenvalue weighted by atomic mass is 10.2. The van der Waals surface area contributed by atoms with Crippen LogP contribution in [0.5, 0.6) is 11.5 Å². The summed E-state index contributed by atoms with van der Waals surface area (Å²) in [5, 5.41) is 3.84. The van der Waals surface area contributed by atoms with Gasteiger partial charge in [0, 0.05) is 19.6 Å². The van der Waals surface area contributed by atoms with Gasteiger partial charge < -0.3 is 24.4 Å². The van der Waals surface area contributed by atoms with Gasteiger partial charge in [-0.25, -0.2) is 4.98 Å². The largest absolute Gasteiger partial charge is 0.454 e. The van der Waals surface area contributed by atoms with Crippen LogP contribution in [0.2, 0.25) is 0 Å². The van der Waals surface area contributed by atoms with Gasteiger partial charge in [-0.2, -0.15) is 0 Å². The fraction of sp³-hybridized carbons (Fsp3) is 0.412. The number of carbonyl (C=O) groups is 1. The molecule has 1 aromatic heterocycles. The molecule has 2 aliphatic rings. The molecule has 0 aliphatic carbocycles. The van der Waals surface area contributed by atoms with Gasteiger partial charge in [-0.15, -0.1) is 0 Å². The molecule has 25 heavy (non-hydrogen) atoms. The number of aryl methyl sites for hydroxylation is 1. The molecule has 1 amide bonds. The van der Waals surface area contributed by atoms with Crippen molar-refractivity contribution in [2.45, 2.75) is 13.5 Å². The zero-order valence-electron chi connectivity index (χ0n) is 13.9. The van der Waals surface area contributed by atoms with Gasteiger partial charge in [0.25, 0.3) is 5.91 Å². The Morgan fingerprint density at radius 3 is 2.92 bits per heavy atom. The van der Waals surface area contributed by atoms with Crippen molar-refractivity contribution < 1.29 is 19.0 Å². The van der Waals surface area contributed by atoms with Crippen LogP contribution in [-0.2, 0) is 11.3 Å². The highest BCUT2D eigenvalue weighted by Gasteiger charge is 2.20. The van der Waals surface area contributed by atoms with Crippen molar-refractivity contribution in [2.24, 2.45) is 0 Å². The lowest BCUT2D eigenvalue weighted by Crippen LogP contribution is -2.36. The molecule has 2 aromatic rings. The summed E-state index contributed by atoms with van der Waals surface area (Å²) in [5.74, 6) is 1.35. The molecule has 7 nitrogen and oxygen atoms in total. The molecular weight excluding hydrogens is 342 g/mol. The summed E-state index contributed by atoms with van der Waals surface area (Å²) in [4.78, 5) is 19.9. The number of amides is 1. The van der Waals surface area contributed by atoms with Gasteiger partial charge in [0.1, 0.15) is 4.88 Å². The third kappa shape index (κ3) is 3.40. The molecule has 0 bridgehead atoms. The number of rotatable bonds is 4. The monoisotopic (exact) mass is 361 g/mol. The number of carbonyl (C=O) groups excluding carboxylic acids is 1. The number of morpholine rings is 1. The van der Waals surface area contributed by atoms with E-state index in [1.54, 1.807) is 0 Å². The predicted octanol–water partition coefficient (Wildman–Crippen LogP) is 1.95. The van der Waals surface area contributed by atoms with Gasteiger partial charge in [-0.05, 0) is 24.6 Å². The molecule has 1 aromatic carbocycles. The molecule has 2 aliphatic heterocycles. The summed E-state index contributed by atoms with van der Waals surface area (Å²) < 4.78 is 16.0. The third-order valence-electron chi connectivity index (χ3n) is 4.16. The van der Waals surface area contributed by atoms with Crippen LogP contribution >= 0.6 is 11.3 Å². The van der Waals surface area contributed by atoms with E-state index in [-0.39, 0.29) is 12.7 Å². The van der Waals surface area contributed by atoms with Gasteiger partial charge in [0.15, 0.2) is 16.6 Å². The van der Waals surface area contributed by atoms with Crippen LogP contribution in [0.3, 0.4) is 0 Å². The van der Waals surface area contributed by atoms with Crippen molar-refractivity contribution in [1.82, 2.24) is 10.3 Å². The first kappa shape index (κ1) is 16.2. The van der Waals surface area contributed by atoms with Gasteiger partial charge in [-0.3, -0.25) is 4.79 Å². The molecule has 0 spiro atoms. The van der Waals surface area contributed by atoms with Crippen molar-refractivity contribution >= 4 is 22.4 Å². The van der Waals surface area contributed by atoms with E-state index < -0.39 is 0 Å². The standard InChI is InChI=1S/C17H19N3O4S/c1-11-15(25-17(19-11)20-4-6-22-7-5-20)16(21)18-9-12-2-3-13-14(8-12)24-10-23-13/h2-3,8H,4-7,9-10H2,1H3,(H,18,21). The van der Waals surface area contributed by atoms with Crippen LogP contribution in [-0.4, -0.2) is 44.0 Å². The van der Waals surface area contributed by atoms with Crippen LogP contribution in [0.4, 0.5) is 5.13 Å². The van der Waals surface area contributed by atoms with Gasteiger partial charge in [0.05, 0.1) is 18.9 Å². The van der Waals surface area contributed by atoms with Crippen molar-refractivity contribution in [2.75, 3.05) is 38.0 Å². The Bertz CT molecular complexity index is 786. The first-order chi connectivity index (χ1) is 12.2. The normalized spacial score (nSPS) is 16.1. The Hall–Kier alpha value is -2.32. The summed E-state index contributed by atoms with van der Waals surface area (Å²) in [6, 6.07) is 5.67. The van der Waals surface area contributed by atoms with Gasteiger partial charge in [0.2, 0.25) is 6.79 Å². The fourth-order valence-corrected chi connectivity index (χ4v) is 3.83. The highest BCUT2D eigenvalue weighted by Crippen LogP contribution is 2.32. The highest BCUT2D eigenvalue weighted by molar-refractivity contribution is 7.17. The van der Waals surface area contributed by atoms with Crippen LogP contribution in [0.1, 0.15) is 20.9 Å². The van der Waals surface area contributed by atoms with Crippen LogP contribution < -0.4 is 19.7 Å². The summed E-state index contributed by atoms with van der Waals surface area (Å²) in [5.41, 5.74) is 1.72. The second-order valence-corrected chi connectivity index (χ2v) is 6.86. The SMILES string of the molecule is Cc1nc(N2CCOCC2)sc1C(=O)NCc1ccc2c(c1)OCO2. The zero-order chi connectivity index (χ0) is 17.2. The van der Waals surface area contributed by atoms with Gasteiger partial charge in [-0.1, -0.05) is 17.4 Å². The summed E-state index contributed by atoms with van der Waals surface area (Å²) in [6.45, 7) is 5.57. The molecule has 8 heteroatoms. The maximum Gasteiger partial charge on any atom is 0.263 e. The average molecular weight is 361 g/mol. The van der Waals surface area contributed by atoms with Crippen molar-refractivity contribution in [3.05, 3.63) is 34.3 Å². The van der Waals surface area contributed by atoms with E-state index in [0.29, 0.717) is 24.6 Å². The minimum Gasteiger partial charge on any atom is -0.454 e. The molecule has 132 valence electrons. The first-order valence-electron chi connectivity index (χ1n) is 8.17. The second kappa shape index (κ2) is 6.89. The number of aromatic nitrogens is 1. The van der Waals surface area contributed by atoms with Crippen LogP contribution in [0.15, 0.2) is 18.2 Å². The molecule has 1 saturated heterocycles. The van der Waals surface area contributed by atoms with Gasteiger partial charge >= 0.3 is 0 Å². The second-order valence-electron chi connectivity index (χ2n) is 5.88. The number of hydrogen-bond donors (Lipinski definition) is 1. The summed E-state index contributed by atoms with van der Waals surface area (Å²) in [7, 11) is 0. The predicted molar refractivity (Wildman–Crippen MR) is 93.6 cm³/mol. The van der Waals surface area contributed by atoms with E-state index in [2.05, 4.69) is 15.2 Å². The minimum atomic E-state index is -0.104. The topological polar surface area (TPSA) is 72.9 Å². The number of anilines is 1. The number of thiazole rings is 1. The molecule has 0 atom stereocenters. The lowest BCUT2D eigenvalue weighted by molar-refractivity contribution is 0.0954. The first-order valence-corrected chi connectivity index (χ1v) is 8.99. The maximum absolute atomic E-state index is 12.5.